The Labute approximate surface area is 174 Å². The molecule has 0 aliphatic rings. The summed E-state index contributed by atoms with van der Waals surface area (Å²) in [4.78, 5) is 8.02. The molecule has 1 heterocycles. The number of nitrogens with zero attached hydrogens (tertiary/aromatic N) is 2. The van der Waals surface area contributed by atoms with Crippen molar-refractivity contribution in [1.29, 1.82) is 0 Å². The number of primary sulfonamides is 1. The predicted octanol–water partition coefficient (Wildman–Crippen LogP) is 3.07. The topological polar surface area (TPSA) is 130 Å². The number of nitrogens with two attached hydrogens (primary N) is 1. The van der Waals surface area contributed by atoms with Gasteiger partial charge in [-0.25, -0.2) is 22.9 Å². The summed E-state index contributed by atoms with van der Waals surface area (Å²) in [5, 5.41) is 19.7. The first-order chi connectivity index (χ1) is 14.3. The van der Waals surface area contributed by atoms with E-state index in [-0.39, 0.29) is 23.3 Å². The molecule has 30 heavy (non-hydrogen) atoms. The number of aliphatic hydroxyl groups excluding tert-OH is 1. The van der Waals surface area contributed by atoms with Crippen LogP contribution in [0.3, 0.4) is 0 Å². The molecule has 158 valence electrons. The Morgan fingerprint density at radius 1 is 0.967 bits per heavy atom. The molecule has 2 aromatic carbocycles. The Morgan fingerprint density at radius 3 is 2.23 bits per heavy atom. The van der Waals surface area contributed by atoms with Gasteiger partial charge in [-0.2, -0.15) is 4.98 Å². The molecule has 1 aromatic heterocycles. The molecule has 0 saturated carbocycles. The number of nitrogens with one attached hydrogen (secondary N) is 2. The van der Waals surface area contributed by atoms with Crippen molar-refractivity contribution in [2.24, 2.45) is 5.14 Å². The van der Waals surface area contributed by atoms with Gasteiger partial charge in [0.05, 0.1) is 11.1 Å². The number of benzene rings is 2. The summed E-state index contributed by atoms with van der Waals surface area (Å²) in [6.07, 6.45) is 3.56. The van der Waals surface area contributed by atoms with E-state index in [1.807, 2.05) is 24.3 Å². The maximum atomic E-state index is 14.1. The molecule has 8 nitrogen and oxygen atoms in total. The molecule has 0 radical (unpaired) electrons. The van der Waals surface area contributed by atoms with Crippen molar-refractivity contribution in [3.63, 3.8) is 0 Å². The summed E-state index contributed by atoms with van der Waals surface area (Å²) in [6, 6.07) is 13.2. The molecule has 0 atom stereocenters. The second-order valence-electron chi connectivity index (χ2n) is 6.59. The average molecular weight is 431 g/mol. The Kier molecular flexibility index (Phi) is 6.93. The van der Waals surface area contributed by atoms with Gasteiger partial charge in [0, 0.05) is 18.0 Å². The SMILES string of the molecule is NS(=O)(=O)c1ccc(Nc2ncc(F)c(Nc3ccc(CCCCO)cc3)n2)cc1. The Hall–Kier alpha value is -3.08. The summed E-state index contributed by atoms with van der Waals surface area (Å²) in [6.45, 7) is 0.180. The third-order valence-corrected chi connectivity index (χ3v) is 5.20. The van der Waals surface area contributed by atoms with Crippen molar-refractivity contribution in [2.45, 2.75) is 24.2 Å². The lowest BCUT2D eigenvalue weighted by atomic mass is 10.1. The summed E-state index contributed by atoms with van der Waals surface area (Å²) in [7, 11) is -3.78. The molecule has 0 spiro atoms. The van der Waals surface area contributed by atoms with Crippen LogP contribution in [0.2, 0.25) is 0 Å². The standard InChI is InChI=1S/C20H22FN5O3S/c21-18-13-23-20(25-16-8-10-17(11-9-16)30(22,28)29)26-19(18)24-15-6-4-14(5-7-15)3-1-2-12-27/h4-11,13,27H,1-3,12H2,(H2,22,28,29)(H2,23,24,25,26). The van der Waals surface area contributed by atoms with Crippen LogP contribution in [0, 0.1) is 5.82 Å². The number of aryl methyl sites for hydroxylation is 1. The molecule has 0 bridgehead atoms. The Bertz CT molecular complexity index is 1090. The Morgan fingerprint density at radius 2 is 1.60 bits per heavy atom. The second kappa shape index (κ2) is 9.61. The fraction of sp³-hybridized carbons (Fsp3) is 0.200. The molecule has 0 unspecified atom stereocenters. The minimum absolute atomic E-state index is 0.00156. The van der Waals surface area contributed by atoms with E-state index < -0.39 is 15.8 Å². The number of sulfonamides is 1. The van der Waals surface area contributed by atoms with E-state index in [0.717, 1.165) is 31.0 Å². The van der Waals surface area contributed by atoms with Crippen LogP contribution in [-0.4, -0.2) is 30.1 Å². The third kappa shape index (κ3) is 5.96. The minimum atomic E-state index is -3.78. The van der Waals surface area contributed by atoms with Crippen LogP contribution in [0.4, 0.5) is 27.5 Å². The predicted molar refractivity (Wildman–Crippen MR) is 113 cm³/mol. The second-order valence-corrected chi connectivity index (χ2v) is 8.15. The first kappa shape index (κ1) is 21.6. The molecule has 5 N–H and O–H groups in total. The van der Waals surface area contributed by atoms with E-state index in [4.69, 9.17) is 10.2 Å². The van der Waals surface area contributed by atoms with E-state index in [0.29, 0.717) is 11.4 Å². The maximum absolute atomic E-state index is 14.1. The summed E-state index contributed by atoms with van der Waals surface area (Å²) >= 11 is 0. The average Bonchev–Trinajstić information content (AvgIpc) is 2.72. The molecule has 3 rings (SSSR count). The number of hydrogen-bond acceptors (Lipinski definition) is 7. The summed E-state index contributed by atoms with van der Waals surface area (Å²) in [5.41, 5.74) is 2.32. The van der Waals surface area contributed by atoms with Crippen molar-refractivity contribution >= 4 is 33.2 Å². The first-order valence-electron chi connectivity index (χ1n) is 9.24. The zero-order chi connectivity index (χ0) is 21.6. The highest BCUT2D eigenvalue weighted by molar-refractivity contribution is 7.89. The van der Waals surface area contributed by atoms with Crippen LogP contribution in [0.1, 0.15) is 18.4 Å². The molecule has 10 heteroatoms. The van der Waals surface area contributed by atoms with E-state index in [2.05, 4.69) is 20.6 Å². The monoisotopic (exact) mass is 431 g/mol. The zero-order valence-corrected chi connectivity index (χ0v) is 16.9. The van der Waals surface area contributed by atoms with Gasteiger partial charge in [-0.3, -0.25) is 0 Å². The van der Waals surface area contributed by atoms with Gasteiger partial charge < -0.3 is 15.7 Å². The molecular formula is C20H22FN5O3S. The van der Waals surface area contributed by atoms with Crippen LogP contribution in [0.5, 0.6) is 0 Å². The lowest BCUT2D eigenvalue weighted by Crippen LogP contribution is -2.11. The quantitative estimate of drug-likeness (QED) is 0.383. The molecular weight excluding hydrogens is 409 g/mol. The van der Waals surface area contributed by atoms with Gasteiger partial charge in [-0.05, 0) is 61.2 Å². The van der Waals surface area contributed by atoms with E-state index in [9.17, 15) is 12.8 Å². The summed E-state index contributed by atoms with van der Waals surface area (Å²) in [5.74, 6) is -0.471. The first-order valence-corrected chi connectivity index (χ1v) is 10.8. The lowest BCUT2D eigenvalue weighted by Gasteiger charge is -2.10. The van der Waals surface area contributed by atoms with E-state index >= 15 is 0 Å². The lowest BCUT2D eigenvalue weighted by molar-refractivity contribution is 0.284. The fourth-order valence-electron chi connectivity index (χ4n) is 2.70. The van der Waals surface area contributed by atoms with E-state index in [1.54, 1.807) is 0 Å². The molecule has 0 fully saturated rings. The van der Waals surface area contributed by atoms with Crippen molar-refractivity contribution in [2.75, 3.05) is 17.2 Å². The Balaban J connectivity index is 1.69. The third-order valence-electron chi connectivity index (χ3n) is 4.27. The number of aliphatic hydroxyl groups is 1. The highest BCUT2D eigenvalue weighted by Crippen LogP contribution is 2.22. The molecule has 0 aliphatic heterocycles. The van der Waals surface area contributed by atoms with Crippen LogP contribution in [0.15, 0.2) is 59.6 Å². The van der Waals surface area contributed by atoms with Crippen molar-refractivity contribution in [3.05, 3.63) is 66.1 Å². The highest BCUT2D eigenvalue weighted by atomic mass is 32.2. The molecule has 3 aromatic rings. The summed E-state index contributed by atoms with van der Waals surface area (Å²) < 4.78 is 36.8. The largest absolute Gasteiger partial charge is 0.396 e. The molecule has 0 saturated heterocycles. The van der Waals surface area contributed by atoms with Gasteiger partial charge in [0.15, 0.2) is 11.6 Å². The zero-order valence-electron chi connectivity index (χ0n) is 16.0. The van der Waals surface area contributed by atoms with Gasteiger partial charge >= 0.3 is 0 Å². The van der Waals surface area contributed by atoms with Gasteiger partial charge in [0.1, 0.15) is 0 Å². The normalized spacial score (nSPS) is 11.3. The molecule has 0 amide bonds. The number of rotatable bonds is 9. The van der Waals surface area contributed by atoms with Gasteiger partial charge in [0.25, 0.3) is 0 Å². The van der Waals surface area contributed by atoms with Gasteiger partial charge in [-0.15, -0.1) is 0 Å². The minimum Gasteiger partial charge on any atom is -0.396 e. The van der Waals surface area contributed by atoms with Crippen LogP contribution >= 0.6 is 0 Å². The van der Waals surface area contributed by atoms with Gasteiger partial charge in [-0.1, -0.05) is 12.1 Å². The van der Waals surface area contributed by atoms with Crippen LogP contribution in [-0.2, 0) is 16.4 Å². The number of anilines is 4. The van der Waals surface area contributed by atoms with Crippen molar-refractivity contribution in [1.82, 2.24) is 9.97 Å². The number of hydrogen-bond donors (Lipinski definition) is 4. The van der Waals surface area contributed by atoms with Crippen LogP contribution in [0.25, 0.3) is 0 Å². The van der Waals surface area contributed by atoms with Crippen molar-refractivity contribution in [3.8, 4) is 0 Å². The van der Waals surface area contributed by atoms with Crippen LogP contribution < -0.4 is 15.8 Å². The number of unbranched alkanes of at least 4 members (excludes halogenated alkanes) is 1. The van der Waals surface area contributed by atoms with Crippen molar-refractivity contribution < 1.29 is 17.9 Å². The maximum Gasteiger partial charge on any atom is 0.238 e. The molecule has 0 aliphatic carbocycles. The number of aromatic nitrogens is 2. The highest BCUT2D eigenvalue weighted by Gasteiger charge is 2.10. The number of halogens is 1. The fourth-order valence-corrected chi connectivity index (χ4v) is 3.22. The van der Waals surface area contributed by atoms with E-state index in [1.165, 1.54) is 24.3 Å². The smallest absolute Gasteiger partial charge is 0.238 e. The van der Waals surface area contributed by atoms with Gasteiger partial charge in [0.2, 0.25) is 16.0 Å².